The lowest BCUT2D eigenvalue weighted by Crippen LogP contribution is -1.98. The van der Waals surface area contributed by atoms with E-state index >= 15 is 0 Å². The molecule has 0 amide bonds. The summed E-state index contributed by atoms with van der Waals surface area (Å²) in [5, 5.41) is 0. The summed E-state index contributed by atoms with van der Waals surface area (Å²) in [5.41, 5.74) is 0. The topological polar surface area (TPSA) is 9.23 Å². The van der Waals surface area contributed by atoms with Crippen LogP contribution in [0.2, 0.25) is 0 Å². The molecule has 0 radical (unpaired) electrons. The van der Waals surface area contributed by atoms with Gasteiger partial charge >= 0.3 is 0 Å². The van der Waals surface area contributed by atoms with Crippen LogP contribution in [0, 0.1) is 0 Å². The molecule has 1 rings (SSSR count). The van der Waals surface area contributed by atoms with Gasteiger partial charge < -0.3 is 0 Å². The Morgan fingerprint density at radius 2 is 1.62 bits per heavy atom. The average Bonchev–Trinajstić information content (AvgIpc) is 2.04. The Morgan fingerprint density at radius 1 is 1.08 bits per heavy atom. The van der Waals surface area contributed by atoms with E-state index in [9.17, 15) is 0 Å². The third-order valence-electron chi connectivity index (χ3n) is 1.65. The highest BCUT2D eigenvalue weighted by molar-refractivity contribution is 8.35. The lowest BCUT2D eigenvalue weighted by atomic mass is 10.4. The van der Waals surface area contributed by atoms with E-state index < -0.39 is 10.3 Å². The van der Waals surface area contributed by atoms with Crippen LogP contribution in [0.25, 0.3) is 0 Å². The van der Waals surface area contributed by atoms with E-state index in [4.69, 9.17) is 3.63 Å². The Hall–Kier alpha value is -0.120. The lowest BCUT2D eigenvalue weighted by Gasteiger charge is -2.34. The molecule has 0 heterocycles. The van der Waals surface area contributed by atoms with E-state index in [1.807, 2.05) is 6.07 Å². The van der Waals surface area contributed by atoms with Gasteiger partial charge in [0.25, 0.3) is 0 Å². The summed E-state index contributed by atoms with van der Waals surface area (Å²) in [6, 6.07) is 10.5. The van der Waals surface area contributed by atoms with E-state index in [1.54, 1.807) is 0 Å². The average molecular weight is 218 g/mol. The van der Waals surface area contributed by atoms with E-state index in [-0.39, 0.29) is 11.2 Å². The molecule has 0 saturated heterocycles. The van der Waals surface area contributed by atoms with E-state index in [2.05, 4.69) is 49.3 Å². The third kappa shape index (κ3) is 3.25. The Balaban J connectivity index is 2.81. The van der Waals surface area contributed by atoms with Crippen molar-refractivity contribution in [1.82, 2.24) is 0 Å². The molecule has 0 bridgehead atoms. The summed E-state index contributed by atoms with van der Waals surface area (Å²) in [4.78, 5) is 1.33. The quantitative estimate of drug-likeness (QED) is 0.766. The van der Waals surface area contributed by atoms with Crippen LogP contribution in [0.4, 0.5) is 0 Å². The van der Waals surface area contributed by atoms with Gasteiger partial charge in [0.15, 0.2) is 0 Å². The normalized spacial score (nSPS) is 14.0. The Bertz CT molecular complexity index is 257. The fourth-order valence-electron chi connectivity index (χ4n) is 1.16. The lowest BCUT2D eigenvalue weighted by molar-refractivity contribution is 0.722. The molecule has 13 heavy (non-hydrogen) atoms. The van der Waals surface area contributed by atoms with Crippen molar-refractivity contribution in [2.24, 2.45) is 0 Å². The van der Waals surface area contributed by atoms with Gasteiger partial charge in [-0.1, -0.05) is 18.2 Å². The molecule has 0 N–H and O–H groups in total. The number of thiol groups is 1. The minimum atomic E-state index is -1.03. The highest BCUT2D eigenvalue weighted by Crippen LogP contribution is 2.55. The van der Waals surface area contributed by atoms with Crippen LogP contribution in [-0.4, -0.2) is 25.0 Å². The Labute approximate surface area is 85.6 Å². The summed E-state index contributed by atoms with van der Waals surface area (Å²) < 4.78 is 5.97. The van der Waals surface area contributed by atoms with Gasteiger partial charge in [0, 0.05) is 4.90 Å². The second-order valence-corrected chi connectivity index (χ2v) is 8.59. The van der Waals surface area contributed by atoms with Crippen LogP contribution in [0.15, 0.2) is 35.2 Å². The van der Waals surface area contributed by atoms with Gasteiger partial charge in [-0.3, -0.25) is 3.63 Å². The van der Waals surface area contributed by atoms with Gasteiger partial charge in [-0.25, -0.2) is 0 Å². The Morgan fingerprint density at radius 3 is 2.08 bits per heavy atom. The van der Waals surface area contributed by atoms with Crippen molar-refractivity contribution < 1.29 is 3.63 Å². The van der Waals surface area contributed by atoms with Crippen LogP contribution < -0.4 is 0 Å². The first-order chi connectivity index (χ1) is 6.02. The van der Waals surface area contributed by atoms with Crippen LogP contribution in [-0.2, 0) is 3.63 Å². The third-order valence-corrected chi connectivity index (χ3v) is 5.74. The maximum atomic E-state index is 5.97. The van der Waals surface area contributed by atoms with Crippen molar-refractivity contribution in [2.45, 2.75) is 4.90 Å². The molecule has 0 atom stereocenters. The summed E-state index contributed by atoms with van der Waals surface area (Å²) in [6.07, 6.45) is 8.69. The van der Waals surface area contributed by atoms with Crippen LogP contribution >= 0.6 is 21.5 Å². The SMILES string of the molecule is C[SH](C)OS(C)(C)c1ccccc1. The first kappa shape index (κ1) is 11.0. The molecule has 0 aromatic heterocycles. The second kappa shape index (κ2) is 4.40. The van der Waals surface area contributed by atoms with Gasteiger partial charge in [-0.2, -0.15) is 0 Å². The van der Waals surface area contributed by atoms with Crippen molar-refractivity contribution in [3.63, 3.8) is 0 Å². The number of rotatable bonds is 3. The molecular weight excluding hydrogens is 200 g/mol. The smallest absolute Gasteiger partial charge is 0.0132 e. The molecule has 0 aliphatic carbocycles. The van der Waals surface area contributed by atoms with Gasteiger partial charge in [0.2, 0.25) is 0 Å². The van der Waals surface area contributed by atoms with Crippen molar-refractivity contribution in [1.29, 1.82) is 0 Å². The van der Waals surface area contributed by atoms with Gasteiger partial charge in [0.05, 0.1) is 0 Å². The van der Waals surface area contributed by atoms with Crippen molar-refractivity contribution in [2.75, 3.05) is 25.0 Å². The minimum absolute atomic E-state index is 0.275. The van der Waals surface area contributed by atoms with Gasteiger partial charge in [-0.05, 0) is 37.2 Å². The van der Waals surface area contributed by atoms with E-state index in [0.717, 1.165) is 0 Å². The predicted octanol–water partition coefficient (Wildman–Crippen LogP) is 3.22. The molecule has 0 unspecified atom stereocenters. The van der Waals surface area contributed by atoms with Gasteiger partial charge in [-0.15, -0.1) is 21.5 Å². The molecule has 0 aliphatic rings. The molecule has 1 nitrogen and oxygen atoms in total. The first-order valence-corrected chi connectivity index (χ1v) is 8.70. The van der Waals surface area contributed by atoms with Crippen LogP contribution in [0.3, 0.4) is 0 Å². The zero-order valence-electron chi connectivity index (χ0n) is 8.65. The van der Waals surface area contributed by atoms with Crippen molar-refractivity contribution in [3.05, 3.63) is 30.3 Å². The van der Waals surface area contributed by atoms with E-state index in [0.29, 0.717) is 0 Å². The summed E-state index contributed by atoms with van der Waals surface area (Å²) >= 11 is -0.275. The molecule has 0 fully saturated rings. The molecule has 0 saturated carbocycles. The molecule has 0 spiro atoms. The fourth-order valence-corrected chi connectivity index (χ4v) is 5.30. The number of hydrogen-bond donors (Lipinski definition) is 1. The first-order valence-electron chi connectivity index (χ1n) is 4.17. The highest BCUT2D eigenvalue weighted by Gasteiger charge is 2.15. The zero-order valence-corrected chi connectivity index (χ0v) is 10.4. The summed E-state index contributed by atoms with van der Waals surface area (Å²) in [7, 11) is -1.03. The standard InChI is InChI=1S/C10H18OS2/c1-12(2)11-13(3,4)10-8-6-5-7-9-10/h5-9,12H,1-4H3. The Kier molecular flexibility index (Phi) is 3.71. The van der Waals surface area contributed by atoms with Crippen LogP contribution in [0.5, 0.6) is 0 Å². The maximum Gasteiger partial charge on any atom is 0.0132 e. The van der Waals surface area contributed by atoms with Crippen molar-refractivity contribution >= 4 is 21.5 Å². The molecule has 0 aliphatic heterocycles. The molecule has 1 aromatic carbocycles. The second-order valence-electron chi connectivity index (χ2n) is 3.43. The molecule has 3 heteroatoms. The molecule has 1 aromatic rings. The van der Waals surface area contributed by atoms with Crippen LogP contribution in [0.1, 0.15) is 0 Å². The largest absolute Gasteiger partial charge is 0.290 e. The number of benzene rings is 1. The summed E-state index contributed by atoms with van der Waals surface area (Å²) in [5.74, 6) is 0. The maximum absolute atomic E-state index is 5.97. The monoisotopic (exact) mass is 218 g/mol. The predicted molar refractivity (Wildman–Crippen MR) is 66.1 cm³/mol. The van der Waals surface area contributed by atoms with Gasteiger partial charge in [0.1, 0.15) is 0 Å². The van der Waals surface area contributed by atoms with Crippen molar-refractivity contribution in [3.8, 4) is 0 Å². The zero-order chi connectivity index (χ0) is 9.90. The molecular formula is C10H18OS2. The van der Waals surface area contributed by atoms with E-state index in [1.165, 1.54) is 4.90 Å². The number of hydrogen-bond acceptors (Lipinski definition) is 1. The molecule has 76 valence electrons. The fraction of sp³-hybridized carbons (Fsp3) is 0.400. The summed E-state index contributed by atoms with van der Waals surface area (Å²) in [6.45, 7) is 0. The minimum Gasteiger partial charge on any atom is -0.290 e. The highest BCUT2D eigenvalue weighted by atomic mass is 32.3.